The number of hydrogen-bond acceptors (Lipinski definition) is 7. The Morgan fingerprint density at radius 2 is 1.89 bits per heavy atom. The van der Waals surface area contributed by atoms with E-state index in [-0.39, 0.29) is 11.5 Å². The molecule has 2 heterocycles. The Bertz CT molecular complexity index is 1020. The average Bonchev–Trinajstić information content (AvgIpc) is 3.18. The van der Waals surface area contributed by atoms with E-state index in [1.807, 2.05) is 0 Å². The van der Waals surface area contributed by atoms with Crippen molar-refractivity contribution in [3.05, 3.63) is 53.0 Å². The molecule has 28 heavy (non-hydrogen) atoms. The fraction of sp³-hybridized carbons (Fsp3) is 0.158. The van der Waals surface area contributed by atoms with Gasteiger partial charge in [0.05, 0.1) is 18.2 Å². The standard InChI is InChI=1S/C19H18N4O4S/c1-23(2)17(24)11-4-6-13(7-5-11)21-19-20-9-14(16(22-19)27-3)15-8-12(10-28-15)18(25)26/h4-10H,1-3H3,(H,25,26)(H,20,21,22). The third kappa shape index (κ3) is 4.09. The molecule has 0 fully saturated rings. The highest BCUT2D eigenvalue weighted by atomic mass is 32.1. The van der Waals surface area contributed by atoms with Crippen molar-refractivity contribution in [3.8, 4) is 16.3 Å². The first-order valence-electron chi connectivity index (χ1n) is 8.21. The number of nitrogens with one attached hydrogen (secondary N) is 1. The van der Waals surface area contributed by atoms with Crippen LogP contribution in [0.1, 0.15) is 20.7 Å². The van der Waals surface area contributed by atoms with Crippen LogP contribution in [0.15, 0.2) is 41.9 Å². The van der Waals surface area contributed by atoms with E-state index in [0.717, 1.165) is 5.69 Å². The van der Waals surface area contributed by atoms with Crippen LogP contribution in [0.3, 0.4) is 0 Å². The number of rotatable bonds is 6. The van der Waals surface area contributed by atoms with Crippen molar-refractivity contribution in [1.82, 2.24) is 14.9 Å². The molecule has 0 spiro atoms. The molecule has 0 aliphatic carbocycles. The summed E-state index contributed by atoms with van der Waals surface area (Å²) in [4.78, 5) is 33.8. The second kappa shape index (κ2) is 8.05. The molecule has 3 aromatic rings. The third-order valence-electron chi connectivity index (χ3n) is 3.85. The van der Waals surface area contributed by atoms with E-state index in [1.165, 1.54) is 23.3 Å². The van der Waals surface area contributed by atoms with Crippen molar-refractivity contribution in [3.63, 3.8) is 0 Å². The normalized spacial score (nSPS) is 10.4. The van der Waals surface area contributed by atoms with Gasteiger partial charge < -0.3 is 20.1 Å². The molecular weight excluding hydrogens is 380 g/mol. The van der Waals surface area contributed by atoms with E-state index < -0.39 is 5.97 Å². The molecule has 2 aromatic heterocycles. The highest BCUT2D eigenvalue weighted by molar-refractivity contribution is 7.13. The van der Waals surface area contributed by atoms with Gasteiger partial charge in [0.1, 0.15) is 0 Å². The quantitative estimate of drug-likeness (QED) is 0.656. The second-order valence-corrected chi connectivity index (χ2v) is 6.93. The summed E-state index contributed by atoms with van der Waals surface area (Å²) in [6, 6.07) is 8.52. The predicted octanol–water partition coefficient (Wildman–Crippen LogP) is 3.36. The zero-order valence-corrected chi connectivity index (χ0v) is 16.3. The molecule has 9 heteroatoms. The molecule has 144 valence electrons. The zero-order valence-electron chi connectivity index (χ0n) is 15.5. The Morgan fingerprint density at radius 1 is 1.18 bits per heavy atom. The first-order chi connectivity index (χ1) is 13.4. The lowest BCUT2D eigenvalue weighted by Crippen LogP contribution is -2.21. The maximum Gasteiger partial charge on any atom is 0.336 e. The Morgan fingerprint density at radius 3 is 2.46 bits per heavy atom. The molecule has 0 atom stereocenters. The molecule has 0 unspecified atom stereocenters. The number of hydrogen-bond donors (Lipinski definition) is 2. The number of amides is 1. The lowest BCUT2D eigenvalue weighted by molar-refractivity contribution is 0.0697. The van der Waals surface area contributed by atoms with Gasteiger partial charge in [-0.25, -0.2) is 9.78 Å². The van der Waals surface area contributed by atoms with Gasteiger partial charge in [-0.15, -0.1) is 11.3 Å². The monoisotopic (exact) mass is 398 g/mol. The summed E-state index contributed by atoms with van der Waals surface area (Å²) >= 11 is 1.28. The van der Waals surface area contributed by atoms with Crippen LogP contribution in [-0.2, 0) is 0 Å². The summed E-state index contributed by atoms with van der Waals surface area (Å²) in [7, 11) is 4.88. The van der Waals surface area contributed by atoms with Crippen molar-refractivity contribution in [2.24, 2.45) is 0 Å². The largest absolute Gasteiger partial charge is 0.480 e. The Kier molecular flexibility index (Phi) is 5.55. The van der Waals surface area contributed by atoms with Crippen LogP contribution in [0.2, 0.25) is 0 Å². The average molecular weight is 398 g/mol. The predicted molar refractivity (Wildman–Crippen MR) is 107 cm³/mol. The molecule has 8 nitrogen and oxygen atoms in total. The second-order valence-electron chi connectivity index (χ2n) is 6.02. The van der Waals surface area contributed by atoms with Gasteiger partial charge in [-0.3, -0.25) is 4.79 Å². The van der Waals surface area contributed by atoms with Crippen molar-refractivity contribution >= 4 is 34.8 Å². The van der Waals surface area contributed by atoms with Gasteiger partial charge >= 0.3 is 5.97 Å². The number of methoxy groups -OCH3 is 1. The Hall–Kier alpha value is -3.46. The van der Waals surface area contributed by atoms with Gasteiger partial charge in [-0.05, 0) is 30.3 Å². The van der Waals surface area contributed by atoms with E-state index >= 15 is 0 Å². The van der Waals surface area contributed by atoms with E-state index in [2.05, 4.69) is 15.3 Å². The molecule has 0 saturated heterocycles. The maximum atomic E-state index is 11.9. The van der Waals surface area contributed by atoms with Crippen molar-refractivity contribution in [2.75, 3.05) is 26.5 Å². The Labute approximate surface area is 165 Å². The van der Waals surface area contributed by atoms with Crippen LogP contribution in [0.25, 0.3) is 10.4 Å². The molecule has 1 aromatic carbocycles. The van der Waals surface area contributed by atoms with Gasteiger partial charge in [0, 0.05) is 41.8 Å². The first-order valence-corrected chi connectivity index (χ1v) is 9.09. The van der Waals surface area contributed by atoms with Gasteiger partial charge in [-0.1, -0.05) is 0 Å². The number of anilines is 2. The summed E-state index contributed by atoms with van der Waals surface area (Å²) < 4.78 is 5.34. The van der Waals surface area contributed by atoms with Gasteiger partial charge in [-0.2, -0.15) is 4.98 Å². The maximum absolute atomic E-state index is 11.9. The van der Waals surface area contributed by atoms with E-state index in [0.29, 0.717) is 27.8 Å². The number of carboxylic acid groups (broad SMARTS) is 1. The molecule has 0 radical (unpaired) electrons. The number of carboxylic acids is 1. The smallest absolute Gasteiger partial charge is 0.336 e. The lowest BCUT2D eigenvalue weighted by atomic mass is 10.2. The molecule has 0 bridgehead atoms. The lowest BCUT2D eigenvalue weighted by Gasteiger charge is -2.11. The zero-order chi connectivity index (χ0) is 20.3. The summed E-state index contributed by atoms with van der Waals surface area (Å²) in [5.41, 5.74) is 2.11. The number of carbonyl (C=O) groups is 2. The number of ether oxygens (including phenoxy) is 1. The van der Waals surface area contributed by atoms with Crippen molar-refractivity contribution in [1.29, 1.82) is 0 Å². The fourth-order valence-electron chi connectivity index (χ4n) is 2.42. The van der Waals surface area contributed by atoms with Crippen LogP contribution in [0.5, 0.6) is 5.88 Å². The minimum Gasteiger partial charge on any atom is -0.480 e. The number of aromatic nitrogens is 2. The molecule has 0 saturated carbocycles. The molecule has 0 aliphatic heterocycles. The highest BCUT2D eigenvalue weighted by Gasteiger charge is 2.15. The first kappa shape index (κ1) is 19.3. The minimum atomic E-state index is -0.989. The van der Waals surface area contributed by atoms with Gasteiger partial charge in [0.2, 0.25) is 11.8 Å². The highest BCUT2D eigenvalue weighted by Crippen LogP contribution is 2.33. The number of thiophene rings is 1. The van der Waals surface area contributed by atoms with Crippen LogP contribution in [-0.4, -0.2) is 53.1 Å². The SMILES string of the molecule is COc1nc(Nc2ccc(C(=O)N(C)C)cc2)ncc1-c1cc(C(=O)O)cs1. The van der Waals surface area contributed by atoms with Crippen molar-refractivity contribution in [2.45, 2.75) is 0 Å². The Balaban J connectivity index is 1.82. The van der Waals surface area contributed by atoms with E-state index in [1.54, 1.807) is 56.0 Å². The van der Waals surface area contributed by atoms with Crippen molar-refractivity contribution < 1.29 is 19.4 Å². The summed E-state index contributed by atoms with van der Waals surface area (Å²) in [5.74, 6) is -0.416. The number of aromatic carboxylic acids is 1. The van der Waals surface area contributed by atoms with Gasteiger partial charge in [0.25, 0.3) is 5.91 Å². The molecule has 2 N–H and O–H groups in total. The van der Waals surface area contributed by atoms with Crippen LogP contribution in [0, 0.1) is 0 Å². The summed E-state index contributed by atoms with van der Waals surface area (Å²) in [6.07, 6.45) is 1.58. The number of carbonyl (C=O) groups excluding carboxylic acids is 1. The molecule has 3 rings (SSSR count). The third-order valence-corrected chi connectivity index (χ3v) is 4.82. The number of benzene rings is 1. The van der Waals surface area contributed by atoms with Crippen LogP contribution >= 0.6 is 11.3 Å². The summed E-state index contributed by atoms with van der Waals surface area (Å²) in [5, 5.41) is 13.7. The van der Waals surface area contributed by atoms with E-state index in [4.69, 9.17) is 9.84 Å². The summed E-state index contributed by atoms with van der Waals surface area (Å²) in [6.45, 7) is 0. The van der Waals surface area contributed by atoms with Crippen LogP contribution in [0.4, 0.5) is 11.6 Å². The molecule has 0 aliphatic rings. The molecular formula is C19H18N4O4S. The van der Waals surface area contributed by atoms with Crippen LogP contribution < -0.4 is 10.1 Å². The molecule has 1 amide bonds. The van der Waals surface area contributed by atoms with Gasteiger partial charge in [0.15, 0.2) is 0 Å². The van der Waals surface area contributed by atoms with E-state index in [9.17, 15) is 9.59 Å². The fourth-order valence-corrected chi connectivity index (χ4v) is 3.31. The topological polar surface area (TPSA) is 105 Å². The number of nitrogens with zero attached hydrogens (tertiary/aromatic N) is 3. The minimum absolute atomic E-state index is 0.0782.